The van der Waals surface area contributed by atoms with E-state index in [-0.39, 0.29) is 11.9 Å². The van der Waals surface area contributed by atoms with Crippen molar-refractivity contribution in [1.82, 2.24) is 4.90 Å². The van der Waals surface area contributed by atoms with Crippen LogP contribution in [0.1, 0.15) is 23.2 Å². The minimum absolute atomic E-state index is 0.117. The van der Waals surface area contributed by atoms with Crippen LogP contribution in [0.2, 0.25) is 0 Å². The maximum atomic E-state index is 12.0. The molecule has 0 aliphatic carbocycles. The van der Waals surface area contributed by atoms with Crippen molar-refractivity contribution in [2.45, 2.75) is 18.9 Å². The zero-order chi connectivity index (χ0) is 12.3. The second-order valence-electron chi connectivity index (χ2n) is 4.46. The number of nitrogens with zero attached hydrogens (tertiary/aromatic N) is 1. The van der Waals surface area contributed by atoms with Crippen molar-refractivity contribution in [2.24, 2.45) is 0 Å². The van der Waals surface area contributed by atoms with Crippen molar-refractivity contribution < 1.29 is 9.90 Å². The minimum Gasteiger partial charge on any atom is -0.392 e. The van der Waals surface area contributed by atoms with Gasteiger partial charge in [-0.1, -0.05) is 28.1 Å². The molecule has 4 heteroatoms. The Labute approximate surface area is 110 Å². The molecule has 0 radical (unpaired) electrons. The number of carbonyl (C=O) groups excluding carboxylic acids is 1. The number of piperidine rings is 1. The SMILES string of the molecule is O=C(CN1CCC[C@@H](O)C1)c1ccc(Br)cc1. The van der Waals surface area contributed by atoms with Gasteiger partial charge in [0.1, 0.15) is 0 Å². The maximum Gasteiger partial charge on any atom is 0.176 e. The average Bonchev–Trinajstić information content (AvgIpc) is 2.29. The van der Waals surface area contributed by atoms with Gasteiger partial charge in [-0.05, 0) is 31.5 Å². The molecule has 1 N–H and O–H groups in total. The smallest absolute Gasteiger partial charge is 0.176 e. The molecule has 3 nitrogen and oxygen atoms in total. The van der Waals surface area contributed by atoms with Crippen LogP contribution < -0.4 is 0 Å². The van der Waals surface area contributed by atoms with Gasteiger partial charge in [-0.3, -0.25) is 9.69 Å². The molecule has 0 unspecified atom stereocenters. The quantitative estimate of drug-likeness (QED) is 0.869. The highest BCUT2D eigenvalue weighted by atomic mass is 79.9. The number of aliphatic hydroxyl groups excluding tert-OH is 1. The first-order valence-electron chi connectivity index (χ1n) is 5.84. The van der Waals surface area contributed by atoms with Gasteiger partial charge in [0.05, 0.1) is 12.6 Å². The lowest BCUT2D eigenvalue weighted by atomic mass is 10.1. The average molecular weight is 298 g/mol. The molecular weight excluding hydrogens is 282 g/mol. The second kappa shape index (κ2) is 5.76. The highest BCUT2D eigenvalue weighted by Gasteiger charge is 2.20. The lowest BCUT2D eigenvalue weighted by molar-refractivity contribution is 0.0634. The van der Waals surface area contributed by atoms with E-state index < -0.39 is 0 Å². The van der Waals surface area contributed by atoms with Crippen LogP contribution in [0.5, 0.6) is 0 Å². The number of halogens is 1. The standard InChI is InChI=1S/C13H16BrNO2/c14-11-5-3-10(4-6-11)13(17)9-15-7-1-2-12(16)8-15/h3-6,12,16H,1-2,7-9H2/t12-/m1/s1. The van der Waals surface area contributed by atoms with Gasteiger partial charge in [0.2, 0.25) is 0 Å². The van der Waals surface area contributed by atoms with Crippen LogP contribution >= 0.6 is 15.9 Å². The van der Waals surface area contributed by atoms with Crippen LogP contribution in [0.15, 0.2) is 28.7 Å². The fourth-order valence-electron chi connectivity index (χ4n) is 2.10. The number of ketones is 1. The van der Waals surface area contributed by atoms with E-state index in [1.807, 2.05) is 29.2 Å². The van der Waals surface area contributed by atoms with E-state index in [4.69, 9.17) is 0 Å². The Kier molecular flexibility index (Phi) is 4.31. The first-order valence-corrected chi connectivity index (χ1v) is 6.63. The van der Waals surface area contributed by atoms with Crippen molar-refractivity contribution in [3.8, 4) is 0 Å². The first-order chi connectivity index (χ1) is 8.15. The number of aliphatic hydroxyl groups is 1. The lowest BCUT2D eigenvalue weighted by Crippen LogP contribution is -2.41. The van der Waals surface area contributed by atoms with Crippen molar-refractivity contribution in [3.05, 3.63) is 34.3 Å². The minimum atomic E-state index is -0.276. The predicted octanol–water partition coefficient (Wildman–Crippen LogP) is 2.09. The molecular formula is C13H16BrNO2. The summed E-state index contributed by atoms with van der Waals surface area (Å²) in [6, 6.07) is 7.40. The van der Waals surface area contributed by atoms with Crippen LogP contribution in [-0.2, 0) is 0 Å². The van der Waals surface area contributed by atoms with Crippen LogP contribution in [0.3, 0.4) is 0 Å². The Balaban J connectivity index is 1.94. The summed E-state index contributed by atoms with van der Waals surface area (Å²) in [5.74, 6) is 0.117. The number of hydrogen-bond donors (Lipinski definition) is 1. The summed E-state index contributed by atoms with van der Waals surface area (Å²) in [5.41, 5.74) is 0.730. The zero-order valence-electron chi connectivity index (χ0n) is 9.60. The zero-order valence-corrected chi connectivity index (χ0v) is 11.2. The fraction of sp³-hybridized carbons (Fsp3) is 0.462. The molecule has 1 aromatic carbocycles. The Morgan fingerprint density at radius 2 is 2.12 bits per heavy atom. The number of β-amino-alcohol motifs (C(OH)–C–C–N with tert-alkyl or cyclic N) is 1. The molecule has 0 bridgehead atoms. The van der Waals surface area contributed by atoms with E-state index in [0.29, 0.717) is 13.1 Å². The molecule has 1 aliphatic heterocycles. The van der Waals surface area contributed by atoms with Crippen LogP contribution in [0.25, 0.3) is 0 Å². The number of carbonyl (C=O) groups is 1. The molecule has 17 heavy (non-hydrogen) atoms. The number of Topliss-reactive ketones (excluding diaryl/α,β-unsaturated/α-hetero) is 1. The Bertz CT molecular complexity index is 391. The molecule has 0 amide bonds. The first kappa shape index (κ1) is 12.7. The fourth-order valence-corrected chi connectivity index (χ4v) is 2.37. The van der Waals surface area contributed by atoms with Gasteiger partial charge in [-0.15, -0.1) is 0 Å². The van der Waals surface area contributed by atoms with Gasteiger partial charge in [0, 0.05) is 16.6 Å². The van der Waals surface area contributed by atoms with Crippen LogP contribution in [0.4, 0.5) is 0 Å². The molecule has 2 rings (SSSR count). The van der Waals surface area contributed by atoms with Crippen LogP contribution in [0, 0.1) is 0 Å². The third-order valence-electron chi connectivity index (χ3n) is 3.01. The molecule has 1 fully saturated rings. The number of benzene rings is 1. The van der Waals surface area contributed by atoms with E-state index in [9.17, 15) is 9.90 Å². The molecule has 1 saturated heterocycles. The van der Waals surface area contributed by atoms with E-state index in [2.05, 4.69) is 15.9 Å². The highest BCUT2D eigenvalue weighted by Crippen LogP contribution is 2.13. The molecule has 1 aromatic rings. The van der Waals surface area contributed by atoms with Crippen molar-refractivity contribution in [2.75, 3.05) is 19.6 Å². The summed E-state index contributed by atoms with van der Waals surface area (Å²) in [4.78, 5) is 14.0. The summed E-state index contributed by atoms with van der Waals surface area (Å²) in [6.07, 6.45) is 1.54. The monoisotopic (exact) mass is 297 g/mol. The molecule has 1 atom stereocenters. The Morgan fingerprint density at radius 3 is 2.76 bits per heavy atom. The van der Waals surface area contributed by atoms with Crippen molar-refractivity contribution in [1.29, 1.82) is 0 Å². The van der Waals surface area contributed by atoms with E-state index >= 15 is 0 Å². The van der Waals surface area contributed by atoms with Gasteiger partial charge in [-0.2, -0.15) is 0 Å². The molecule has 1 aliphatic rings. The van der Waals surface area contributed by atoms with Gasteiger partial charge >= 0.3 is 0 Å². The Hall–Kier alpha value is -0.710. The summed E-state index contributed by atoms with van der Waals surface area (Å²) in [5, 5.41) is 9.54. The summed E-state index contributed by atoms with van der Waals surface area (Å²) < 4.78 is 0.974. The second-order valence-corrected chi connectivity index (χ2v) is 5.38. The summed E-state index contributed by atoms with van der Waals surface area (Å²) in [6.45, 7) is 1.92. The predicted molar refractivity (Wildman–Crippen MR) is 70.2 cm³/mol. The van der Waals surface area contributed by atoms with E-state index in [0.717, 1.165) is 29.4 Å². The van der Waals surface area contributed by atoms with Gasteiger partial charge < -0.3 is 5.11 Å². The van der Waals surface area contributed by atoms with Crippen molar-refractivity contribution in [3.63, 3.8) is 0 Å². The number of rotatable bonds is 3. The topological polar surface area (TPSA) is 40.5 Å². The Morgan fingerprint density at radius 1 is 1.41 bits per heavy atom. The normalized spacial score (nSPS) is 21.4. The summed E-state index contributed by atoms with van der Waals surface area (Å²) >= 11 is 3.35. The third-order valence-corrected chi connectivity index (χ3v) is 3.54. The van der Waals surface area contributed by atoms with Gasteiger partial charge in [0.25, 0.3) is 0 Å². The third kappa shape index (κ3) is 3.63. The molecule has 92 valence electrons. The van der Waals surface area contributed by atoms with Crippen molar-refractivity contribution >= 4 is 21.7 Å². The van der Waals surface area contributed by atoms with E-state index in [1.54, 1.807) is 0 Å². The van der Waals surface area contributed by atoms with Gasteiger partial charge in [-0.25, -0.2) is 0 Å². The number of hydrogen-bond acceptors (Lipinski definition) is 3. The maximum absolute atomic E-state index is 12.0. The molecule has 1 heterocycles. The van der Waals surface area contributed by atoms with Crippen LogP contribution in [-0.4, -0.2) is 41.5 Å². The lowest BCUT2D eigenvalue weighted by Gasteiger charge is -2.29. The van der Waals surface area contributed by atoms with Gasteiger partial charge in [0.15, 0.2) is 5.78 Å². The number of likely N-dealkylation sites (tertiary alicyclic amines) is 1. The highest BCUT2D eigenvalue weighted by molar-refractivity contribution is 9.10. The van der Waals surface area contributed by atoms with E-state index in [1.165, 1.54) is 0 Å². The molecule has 0 spiro atoms. The summed E-state index contributed by atoms with van der Waals surface area (Å²) in [7, 11) is 0. The molecule has 0 saturated carbocycles. The largest absolute Gasteiger partial charge is 0.392 e. The molecule has 0 aromatic heterocycles.